The van der Waals surface area contributed by atoms with Gasteiger partial charge in [0, 0.05) is 38.8 Å². The van der Waals surface area contributed by atoms with Gasteiger partial charge in [0.2, 0.25) is 0 Å². The summed E-state index contributed by atoms with van der Waals surface area (Å²) in [4.78, 5) is 4.58. The first-order valence-corrected chi connectivity index (χ1v) is 13.0. The summed E-state index contributed by atoms with van der Waals surface area (Å²) in [6.07, 6.45) is 1.66. The van der Waals surface area contributed by atoms with Gasteiger partial charge in [-0.15, -0.1) is 0 Å². The summed E-state index contributed by atoms with van der Waals surface area (Å²) in [7, 11) is 3.28. The van der Waals surface area contributed by atoms with Crippen LogP contribution in [-0.4, -0.2) is 48.2 Å². The summed E-state index contributed by atoms with van der Waals surface area (Å²) >= 11 is 0. The number of rotatable bonds is 6. The highest BCUT2D eigenvalue weighted by atomic mass is 32.2. The van der Waals surface area contributed by atoms with Gasteiger partial charge in [0.1, 0.15) is 10.6 Å². The Morgan fingerprint density at radius 2 is 1.69 bits per heavy atom. The third kappa shape index (κ3) is 4.21. The standard InChI is InChI=1S/C27H30N2O5S/c1-28(2)24-15-19-12-13-29-17-22-18(14-23(29)21(19)16-26(24)33-4)10-11-25(32-3)27(22)34-35(30,31)20-8-6-5-7-9-20/h5-11,15-16,23H,12-14,17H2,1-4H3. The van der Waals surface area contributed by atoms with Crippen LogP contribution in [0.15, 0.2) is 59.5 Å². The van der Waals surface area contributed by atoms with E-state index in [1.54, 1.807) is 31.4 Å². The molecule has 0 fully saturated rings. The SMILES string of the molecule is COc1cc2c(cc1N(C)C)CCN1Cc3c(ccc(OC)c3OS(=O)(=O)c3ccccc3)CC21. The van der Waals surface area contributed by atoms with E-state index in [0.717, 1.165) is 42.0 Å². The van der Waals surface area contributed by atoms with E-state index in [1.165, 1.54) is 30.4 Å². The average Bonchev–Trinajstić information content (AvgIpc) is 2.87. The molecule has 0 bridgehead atoms. The van der Waals surface area contributed by atoms with Gasteiger partial charge in [-0.2, -0.15) is 8.42 Å². The van der Waals surface area contributed by atoms with E-state index in [-0.39, 0.29) is 16.7 Å². The largest absolute Gasteiger partial charge is 0.495 e. The molecule has 3 aromatic carbocycles. The van der Waals surface area contributed by atoms with Crippen molar-refractivity contribution in [2.24, 2.45) is 0 Å². The molecule has 1 unspecified atom stereocenters. The van der Waals surface area contributed by atoms with Crippen LogP contribution < -0.4 is 18.6 Å². The monoisotopic (exact) mass is 494 g/mol. The molecule has 3 aromatic rings. The highest BCUT2D eigenvalue weighted by Crippen LogP contribution is 2.46. The van der Waals surface area contributed by atoms with E-state index >= 15 is 0 Å². The molecule has 1 atom stereocenters. The van der Waals surface area contributed by atoms with Crippen molar-refractivity contribution in [3.63, 3.8) is 0 Å². The van der Waals surface area contributed by atoms with Gasteiger partial charge in [-0.1, -0.05) is 24.3 Å². The zero-order valence-corrected chi connectivity index (χ0v) is 21.3. The topological polar surface area (TPSA) is 68.3 Å². The molecular weight excluding hydrogens is 464 g/mol. The lowest BCUT2D eigenvalue weighted by Crippen LogP contribution is -2.39. The van der Waals surface area contributed by atoms with Crippen LogP contribution in [-0.2, 0) is 29.5 Å². The predicted molar refractivity (Wildman–Crippen MR) is 135 cm³/mol. The first-order chi connectivity index (χ1) is 16.8. The van der Waals surface area contributed by atoms with Crippen LogP contribution in [0.25, 0.3) is 0 Å². The lowest BCUT2D eigenvalue weighted by atomic mass is 9.83. The fourth-order valence-corrected chi connectivity index (χ4v) is 6.12. The second-order valence-corrected chi connectivity index (χ2v) is 10.7. The van der Waals surface area contributed by atoms with Crippen molar-refractivity contribution in [3.8, 4) is 17.2 Å². The van der Waals surface area contributed by atoms with E-state index in [4.69, 9.17) is 13.7 Å². The molecule has 0 saturated heterocycles. The van der Waals surface area contributed by atoms with E-state index in [0.29, 0.717) is 12.3 Å². The Morgan fingerprint density at radius 1 is 0.943 bits per heavy atom. The van der Waals surface area contributed by atoms with E-state index in [9.17, 15) is 8.42 Å². The quantitative estimate of drug-likeness (QED) is 0.476. The maximum absolute atomic E-state index is 13.1. The van der Waals surface area contributed by atoms with Crippen LogP contribution in [0.4, 0.5) is 5.69 Å². The zero-order chi connectivity index (χ0) is 24.7. The number of nitrogens with zero attached hydrogens (tertiary/aromatic N) is 2. The van der Waals surface area contributed by atoms with Crippen molar-refractivity contribution in [3.05, 3.63) is 76.9 Å². The Bertz CT molecular complexity index is 1360. The number of anilines is 1. The molecule has 0 aliphatic carbocycles. The number of hydrogen-bond acceptors (Lipinski definition) is 7. The van der Waals surface area contributed by atoms with E-state index < -0.39 is 10.1 Å². The third-order valence-corrected chi connectivity index (χ3v) is 8.17. The second-order valence-electron chi connectivity index (χ2n) is 9.14. The van der Waals surface area contributed by atoms with Gasteiger partial charge >= 0.3 is 10.1 Å². The molecule has 2 aliphatic heterocycles. The molecule has 8 heteroatoms. The van der Waals surface area contributed by atoms with Crippen molar-refractivity contribution in [2.45, 2.75) is 30.3 Å². The Labute approximate surface area is 207 Å². The number of methoxy groups -OCH3 is 2. The minimum absolute atomic E-state index is 0.115. The third-order valence-electron chi connectivity index (χ3n) is 6.93. The molecule has 184 valence electrons. The summed E-state index contributed by atoms with van der Waals surface area (Å²) in [5.41, 5.74) is 5.59. The van der Waals surface area contributed by atoms with E-state index in [1.807, 2.05) is 20.2 Å². The smallest absolute Gasteiger partial charge is 0.339 e. The van der Waals surface area contributed by atoms with Crippen LogP contribution in [0.3, 0.4) is 0 Å². The first-order valence-electron chi connectivity index (χ1n) is 11.6. The Balaban J connectivity index is 1.54. The highest BCUT2D eigenvalue weighted by molar-refractivity contribution is 7.87. The molecule has 5 rings (SSSR count). The lowest BCUT2D eigenvalue weighted by Gasteiger charge is -2.42. The fraction of sp³-hybridized carbons (Fsp3) is 0.333. The average molecular weight is 495 g/mol. The maximum Gasteiger partial charge on any atom is 0.339 e. The normalized spacial score (nSPS) is 17.1. The van der Waals surface area contributed by atoms with Crippen LogP contribution in [0.2, 0.25) is 0 Å². The molecular formula is C27H30N2O5S. The first kappa shape index (κ1) is 23.5. The molecule has 0 N–H and O–H groups in total. The van der Waals surface area contributed by atoms with Crippen molar-refractivity contribution < 1.29 is 22.1 Å². The van der Waals surface area contributed by atoms with Gasteiger partial charge in [-0.3, -0.25) is 4.90 Å². The predicted octanol–water partition coefficient (Wildman–Crippen LogP) is 4.19. The lowest BCUT2D eigenvalue weighted by molar-refractivity contribution is 0.159. The molecule has 7 nitrogen and oxygen atoms in total. The maximum atomic E-state index is 13.1. The number of hydrogen-bond donors (Lipinski definition) is 0. The van der Waals surface area contributed by atoms with Crippen LogP contribution in [0, 0.1) is 0 Å². The molecule has 2 aliphatic rings. The van der Waals surface area contributed by atoms with Crippen molar-refractivity contribution >= 4 is 15.8 Å². The molecule has 0 saturated carbocycles. The van der Waals surface area contributed by atoms with Gasteiger partial charge in [-0.05, 0) is 59.9 Å². The van der Waals surface area contributed by atoms with E-state index in [2.05, 4.69) is 21.9 Å². The second kappa shape index (κ2) is 9.09. The number of benzene rings is 3. The molecule has 35 heavy (non-hydrogen) atoms. The fourth-order valence-electron chi connectivity index (χ4n) is 5.13. The van der Waals surface area contributed by atoms with Gasteiger partial charge in [0.25, 0.3) is 0 Å². The van der Waals surface area contributed by atoms with Crippen LogP contribution in [0.5, 0.6) is 17.2 Å². The molecule has 2 heterocycles. The molecule has 0 aromatic heterocycles. The summed E-state index contributed by atoms with van der Waals surface area (Å²) in [5.74, 6) is 1.55. The number of fused-ring (bicyclic) bond motifs is 4. The zero-order valence-electron chi connectivity index (χ0n) is 20.4. The summed E-state index contributed by atoms with van der Waals surface area (Å²) in [6.45, 7) is 1.45. The van der Waals surface area contributed by atoms with Gasteiger partial charge < -0.3 is 18.6 Å². The molecule has 0 amide bonds. The van der Waals surface area contributed by atoms with Gasteiger partial charge in [0.15, 0.2) is 11.5 Å². The van der Waals surface area contributed by atoms with Gasteiger partial charge in [-0.25, -0.2) is 0 Å². The summed E-state index contributed by atoms with van der Waals surface area (Å²) in [6, 6.07) is 16.6. The minimum Gasteiger partial charge on any atom is -0.495 e. The Hall–Kier alpha value is -3.23. The molecule has 0 spiro atoms. The van der Waals surface area contributed by atoms with Crippen LogP contribution >= 0.6 is 0 Å². The molecule has 0 radical (unpaired) electrons. The van der Waals surface area contributed by atoms with Crippen molar-refractivity contribution in [1.29, 1.82) is 0 Å². The Kier molecular flexibility index (Phi) is 6.11. The van der Waals surface area contributed by atoms with Crippen LogP contribution in [0.1, 0.15) is 28.3 Å². The van der Waals surface area contributed by atoms with Crippen molar-refractivity contribution in [2.75, 3.05) is 39.8 Å². The summed E-state index contributed by atoms with van der Waals surface area (Å²) in [5, 5.41) is 0. The Morgan fingerprint density at radius 3 is 2.37 bits per heavy atom. The highest BCUT2D eigenvalue weighted by Gasteiger charge is 2.36. The van der Waals surface area contributed by atoms with Gasteiger partial charge in [0.05, 0.1) is 19.9 Å². The number of ether oxygens (including phenoxy) is 2. The minimum atomic E-state index is -4.00. The van der Waals surface area contributed by atoms with Crippen molar-refractivity contribution in [1.82, 2.24) is 4.90 Å². The summed E-state index contributed by atoms with van der Waals surface area (Å²) < 4.78 is 43.1.